The van der Waals surface area contributed by atoms with Crippen LogP contribution in [0.2, 0.25) is 0 Å². The van der Waals surface area contributed by atoms with Crippen LogP contribution in [0, 0.1) is 0 Å². The van der Waals surface area contributed by atoms with Crippen LogP contribution < -0.4 is 15.8 Å². The van der Waals surface area contributed by atoms with Crippen molar-refractivity contribution in [3.8, 4) is 5.75 Å². The van der Waals surface area contributed by atoms with E-state index in [2.05, 4.69) is 5.32 Å². The summed E-state index contributed by atoms with van der Waals surface area (Å²) in [6, 6.07) is 7.42. The fraction of sp³-hybridized carbons (Fsp3) is 0.500. The fourth-order valence-corrected chi connectivity index (χ4v) is 1.49. The molecule has 0 saturated carbocycles. The van der Waals surface area contributed by atoms with Crippen molar-refractivity contribution < 1.29 is 14.3 Å². The van der Waals surface area contributed by atoms with Crippen LogP contribution in [0.3, 0.4) is 0 Å². The van der Waals surface area contributed by atoms with E-state index in [9.17, 15) is 4.79 Å². The third-order valence-electron chi connectivity index (χ3n) is 2.43. The van der Waals surface area contributed by atoms with E-state index >= 15 is 0 Å². The summed E-state index contributed by atoms with van der Waals surface area (Å²) in [4.78, 5) is 11.5. The first kappa shape index (κ1) is 15.5. The van der Waals surface area contributed by atoms with Crippen LogP contribution in [0.4, 0.5) is 0 Å². The Morgan fingerprint density at radius 2 is 2.11 bits per heavy atom. The second-order valence-corrected chi connectivity index (χ2v) is 4.37. The molecular weight excluding hydrogens is 244 g/mol. The summed E-state index contributed by atoms with van der Waals surface area (Å²) in [5, 5.41) is 2.73. The van der Waals surface area contributed by atoms with E-state index in [1.165, 1.54) is 0 Å². The zero-order chi connectivity index (χ0) is 14.1. The normalized spacial score (nSPS) is 10.5. The van der Waals surface area contributed by atoms with Gasteiger partial charge in [-0.25, -0.2) is 0 Å². The predicted octanol–water partition coefficient (Wildman–Crippen LogP) is 1.07. The van der Waals surface area contributed by atoms with Gasteiger partial charge < -0.3 is 20.5 Å². The molecule has 0 aliphatic carbocycles. The molecule has 5 heteroatoms. The Morgan fingerprint density at radius 1 is 1.37 bits per heavy atom. The Morgan fingerprint density at radius 3 is 2.79 bits per heavy atom. The van der Waals surface area contributed by atoms with Gasteiger partial charge in [-0.2, -0.15) is 0 Å². The second-order valence-electron chi connectivity index (χ2n) is 4.37. The minimum atomic E-state index is -0.167. The zero-order valence-corrected chi connectivity index (χ0v) is 11.5. The number of carbonyl (C=O) groups excluding carboxylic acids is 1. The zero-order valence-electron chi connectivity index (χ0n) is 11.5. The lowest BCUT2D eigenvalue weighted by Crippen LogP contribution is -2.32. The number of hydrogen-bond acceptors (Lipinski definition) is 4. The van der Waals surface area contributed by atoms with Gasteiger partial charge in [0.15, 0.2) is 6.61 Å². The molecule has 0 heterocycles. The van der Waals surface area contributed by atoms with Gasteiger partial charge in [0.1, 0.15) is 5.75 Å². The van der Waals surface area contributed by atoms with Gasteiger partial charge in [-0.1, -0.05) is 18.2 Å². The Balaban J connectivity index is 2.26. The molecule has 106 valence electrons. The lowest BCUT2D eigenvalue weighted by atomic mass is 10.2. The SMILES string of the molecule is CC(C)OCCNC(=O)COc1ccccc1CN. The van der Waals surface area contributed by atoms with Gasteiger partial charge >= 0.3 is 0 Å². The molecule has 0 aliphatic heterocycles. The molecule has 5 nitrogen and oxygen atoms in total. The van der Waals surface area contributed by atoms with Crippen molar-refractivity contribution in [1.82, 2.24) is 5.32 Å². The second kappa shape index (κ2) is 8.50. The number of hydrogen-bond donors (Lipinski definition) is 2. The van der Waals surface area contributed by atoms with E-state index in [1.54, 1.807) is 6.07 Å². The van der Waals surface area contributed by atoms with Crippen LogP contribution in [0.25, 0.3) is 0 Å². The Labute approximate surface area is 114 Å². The van der Waals surface area contributed by atoms with Gasteiger partial charge in [-0.3, -0.25) is 4.79 Å². The van der Waals surface area contributed by atoms with E-state index in [1.807, 2.05) is 32.0 Å². The van der Waals surface area contributed by atoms with E-state index in [4.69, 9.17) is 15.2 Å². The average molecular weight is 266 g/mol. The van der Waals surface area contributed by atoms with E-state index < -0.39 is 0 Å². The molecule has 1 aromatic carbocycles. The topological polar surface area (TPSA) is 73.6 Å². The van der Waals surface area contributed by atoms with Crippen molar-refractivity contribution in [2.75, 3.05) is 19.8 Å². The van der Waals surface area contributed by atoms with Crippen molar-refractivity contribution in [3.63, 3.8) is 0 Å². The number of benzene rings is 1. The molecule has 1 rings (SSSR count). The molecule has 1 amide bonds. The Hall–Kier alpha value is -1.59. The lowest BCUT2D eigenvalue weighted by molar-refractivity contribution is -0.123. The van der Waals surface area contributed by atoms with E-state index in [0.717, 1.165) is 5.56 Å². The quantitative estimate of drug-likeness (QED) is 0.690. The van der Waals surface area contributed by atoms with Crippen molar-refractivity contribution in [2.45, 2.75) is 26.5 Å². The molecule has 1 aromatic rings. The van der Waals surface area contributed by atoms with Crippen LogP contribution >= 0.6 is 0 Å². The van der Waals surface area contributed by atoms with E-state index in [-0.39, 0.29) is 18.6 Å². The maximum atomic E-state index is 11.5. The van der Waals surface area contributed by atoms with Gasteiger partial charge in [0.25, 0.3) is 5.91 Å². The third kappa shape index (κ3) is 6.22. The number of nitrogens with two attached hydrogens (primary N) is 1. The molecule has 0 saturated heterocycles. The maximum absolute atomic E-state index is 11.5. The van der Waals surface area contributed by atoms with E-state index in [0.29, 0.717) is 25.4 Å². The molecule has 19 heavy (non-hydrogen) atoms. The van der Waals surface area contributed by atoms with Crippen molar-refractivity contribution >= 4 is 5.91 Å². The van der Waals surface area contributed by atoms with Gasteiger partial charge in [0.05, 0.1) is 12.7 Å². The minimum absolute atomic E-state index is 0.0152. The predicted molar refractivity (Wildman–Crippen MR) is 73.9 cm³/mol. The van der Waals surface area contributed by atoms with Gasteiger partial charge in [-0.15, -0.1) is 0 Å². The summed E-state index contributed by atoms with van der Waals surface area (Å²) in [5.74, 6) is 0.484. The lowest BCUT2D eigenvalue weighted by Gasteiger charge is -2.11. The molecule has 0 aromatic heterocycles. The number of carbonyl (C=O) groups is 1. The first-order valence-corrected chi connectivity index (χ1v) is 6.42. The highest BCUT2D eigenvalue weighted by molar-refractivity contribution is 5.77. The first-order valence-electron chi connectivity index (χ1n) is 6.42. The molecule has 0 bridgehead atoms. The summed E-state index contributed by atoms with van der Waals surface area (Å²) >= 11 is 0. The minimum Gasteiger partial charge on any atom is -0.483 e. The third-order valence-corrected chi connectivity index (χ3v) is 2.43. The summed E-state index contributed by atoms with van der Waals surface area (Å²) < 4.78 is 10.8. The summed E-state index contributed by atoms with van der Waals surface area (Å²) in [7, 11) is 0. The highest BCUT2D eigenvalue weighted by atomic mass is 16.5. The molecule has 0 radical (unpaired) electrons. The summed E-state index contributed by atoms with van der Waals surface area (Å²) in [6.07, 6.45) is 0.171. The van der Waals surface area contributed by atoms with Crippen LogP contribution in [0.15, 0.2) is 24.3 Å². The Bertz CT molecular complexity index is 394. The van der Waals surface area contributed by atoms with Crippen LogP contribution in [-0.4, -0.2) is 31.8 Å². The monoisotopic (exact) mass is 266 g/mol. The van der Waals surface area contributed by atoms with Crippen LogP contribution in [0.5, 0.6) is 5.75 Å². The number of ether oxygens (including phenoxy) is 2. The molecule has 0 fully saturated rings. The van der Waals surface area contributed by atoms with Crippen LogP contribution in [-0.2, 0) is 16.1 Å². The molecule has 0 spiro atoms. The van der Waals surface area contributed by atoms with Crippen molar-refractivity contribution in [1.29, 1.82) is 0 Å². The molecule has 3 N–H and O–H groups in total. The van der Waals surface area contributed by atoms with Crippen molar-refractivity contribution in [2.24, 2.45) is 5.73 Å². The Kier molecular flexibility index (Phi) is 6.92. The number of para-hydroxylation sites is 1. The van der Waals surface area contributed by atoms with Crippen molar-refractivity contribution in [3.05, 3.63) is 29.8 Å². The molecule has 0 atom stereocenters. The maximum Gasteiger partial charge on any atom is 0.258 e. The number of amides is 1. The molecule has 0 aliphatic rings. The van der Waals surface area contributed by atoms with Gasteiger partial charge in [0.2, 0.25) is 0 Å². The van der Waals surface area contributed by atoms with Gasteiger partial charge in [-0.05, 0) is 19.9 Å². The standard InChI is InChI=1S/C14H22N2O3/c1-11(2)18-8-7-16-14(17)10-19-13-6-4-3-5-12(13)9-15/h3-6,11H,7-10,15H2,1-2H3,(H,16,17). The summed E-state index contributed by atoms with van der Waals surface area (Å²) in [6.45, 7) is 5.27. The largest absolute Gasteiger partial charge is 0.483 e. The molecule has 0 unspecified atom stereocenters. The van der Waals surface area contributed by atoms with Crippen LogP contribution in [0.1, 0.15) is 19.4 Å². The highest BCUT2D eigenvalue weighted by Crippen LogP contribution is 2.16. The van der Waals surface area contributed by atoms with Gasteiger partial charge in [0, 0.05) is 18.7 Å². The average Bonchev–Trinajstić information content (AvgIpc) is 2.41. The first-order chi connectivity index (χ1) is 9.13. The molecular formula is C14H22N2O3. The highest BCUT2D eigenvalue weighted by Gasteiger charge is 2.05. The number of rotatable bonds is 8. The summed E-state index contributed by atoms with van der Waals surface area (Å²) in [5.41, 5.74) is 6.47. The number of nitrogens with one attached hydrogen (secondary N) is 1. The smallest absolute Gasteiger partial charge is 0.258 e. The fourth-order valence-electron chi connectivity index (χ4n) is 1.49.